The van der Waals surface area contributed by atoms with Crippen molar-refractivity contribution in [3.8, 4) is 11.1 Å². The summed E-state index contributed by atoms with van der Waals surface area (Å²) in [5.41, 5.74) is 13.2. The lowest BCUT2D eigenvalue weighted by Gasteiger charge is -2.44. The van der Waals surface area contributed by atoms with E-state index in [1.54, 1.807) is 12.1 Å². The van der Waals surface area contributed by atoms with Gasteiger partial charge < -0.3 is 25.2 Å². The van der Waals surface area contributed by atoms with E-state index in [1.807, 2.05) is 54.6 Å². The van der Waals surface area contributed by atoms with Gasteiger partial charge in [-0.15, -0.1) is 0 Å². The number of nitro benzene ring substituents is 1. The molecule has 2 aliphatic rings. The fourth-order valence-corrected chi connectivity index (χ4v) is 6.30. The highest BCUT2D eigenvalue weighted by Crippen LogP contribution is 2.42. The number of non-ortho nitro benzene ring substituents is 1. The van der Waals surface area contributed by atoms with E-state index >= 15 is 0 Å². The van der Waals surface area contributed by atoms with Gasteiger partial charge in [-0.25, -0.2) is 0 Å². The van der Waals surface area contributed by atoms with Crippen LogP contribution in [0.1, 0.15) is 41.6 Å². The van der Waals surface area contributed by atoms with Crippen LogP contribution in [0.2, 0.25) is 0 Å². The summed E-state index contributed by atoms with van der Waals surface area (Å²) in [6.07, 6.45) is -0.818. The standard InChI is InChI=1S/C36H40N4O5/c1-25-34(23-38-16-18-39(19-17-38)32-12-14-33(15-13-32)40(42)43)44-36(45-35(25)28-10-8-26(24-41)9-11-28)31-7-3-6-30(21-31)29-5-2-4-27(20-29)22-37/h2-15,20-21,25,34-36,41H,16-19,22-24,37H2,1H3/t25-,34+,35+,36+/m0/s1. The second-order valence-electron chi connectivity index (χ2n) is 11.9. The highest BCUT2D eigenvalue weighted by molar-refractivity contribution is 5.65. The van der Waals surface area contributed by atoms with Gasteiger partial charge in [0, 0.05) is 68.6 Å². The van der Waals surface area contributed by atoms with E-state index in [1.165, 1.54) is 0 Å². The minimum absolute atomic E-state index is 0.000279. The molecule has 0 amide bonds. The van der Waals surface area contributed by atoms with E-state index in [0.717, 1.165) is 71.8 Å². The van der Waals surface area contributed by atoms with E-state index in [9.17, 15) is 15.2 Å². The van der Waals surface area contributed by atoms with Crippen molar-refractivity contribution in [3.63, 3.8) is 0 Å². The lowest BCUT2D eigenvalue weighted by Crippen LogP contribution is -2.51. The number of anilines is 1. The number of hydrogen-bond donors (Lipinski definition) is 2. The zero-order valence-electron chi connectivity index (χ0n) is 25.5. The fourth-order valence-electron chi connectivity index (χ4n) is 6.30. The van der Waals surface area contributed by atoms with Crippen LogP contribution in [0.15, 0.2) is 97.1 Å². The Hall–Kier alpha value is -4.12. The summed E-state index contributed by atoms with van der Waals surface area (Å²) in [7, 11) is 0. The number of nitrogens with zero attached hydrogens (tertiary/aromatic N) is 3. The average Bonchev–Trinajstić information content (AvgIpc) is 3.09. The van der Waals surface area contributed by atoms with Crippen LogP contribution in [0.4, 0.5) is 11.4 Å². The molecule has 4 aromatic rings. The molecule has 4 aromatic carbocycles. The molecule has 0 aliphatic carbocycles. The summed E-state index contributed by atoms with van der Waals surface area (Å²) >= 11 is 0. The van der Waals surface area contributed by atoms with Crippen LogP contribution in [-0.4, -0.2) is 53.8 Å². The largest absolute Gasteiger partial charge is 0.392 e. The monoisotopic (exact) mass is 608 g/mol. The van der Waals surface area contributed by atoms with Gasteiger partial charge in [0.05, 0.1) is 23.7 Å². The van der Waals surface area contributed by atoms with Crippen molar-refractivity contribution in [2.24, 2.45) is 11.7 Å². The molecule has 234 valence electrons. The molecule has 0 spiro atoms. The zero-order chi connectivity index (χ0) is 31.3. The number of hydrogen-bond acceptors (Lipinski definition) is 8. The first kappa shape index (κ1) is 30.9. The van der Waals surface area contributed by atoms with Crippen molar-refractivity contribution in [1.29, 1.82) is 0 Å². The Kier molecular flexibility index (Phi) is 9.53. The number of piperazine rings is 1. The lowest BCUT2D eigenvalue weighted by molar-refractivity contribution is -0.384. The molecule has 0 bridgehead atoms. The summed E-state index contributed by atoms with van der Waals surface area (Å²) in [5, 5.41) is 20.6. The van der Waals surface area contributed by atoms with Gasteiger partial charge in [-0.05, 0) is 52.1 Å². The number of aliphatic hydroxyl groups is 1. The maximum absolute atomic E-state index is 11.1. The van der Waals surface area contributed by atoms with Crippen LogP contribution < -0.4 is 10.6 Å². The van der Waals surface area contributed by atoms with Crippen molar-refractivity contribution < 1.29 is 19.5 Å². The predicted octanol–water partition coefficient (Wildman–Crippen LogP) is 5.83. The SMILES string of the molecule is C[C@H]1[C@@H](CN2CCN(c3ccc([N+](=O)[O-])cc3)CC2)O[C@@H](c2cccc(-c3cccc(CN)c3)c2)O[C@H]1c1ccc(CO)cc1. The normalized spacial score (nSPS) is 22.3. The number of rotatable bonds is 9. The fraction of sp³-hybridized carbons (Fsp3) is 0.333. The molecule has 0 unspecified atom stereocenters. The smallest absolute Gasteiger partial charge is 0.269 e. The molecule has 2 heterocycles. The van der Waals surface area contributed by atoms with Gasteiger partial charge in [-0.2, -0.15) is 0 Å². The first-order valence-electron chi connectivity index (χ1n) is 15.5. The maximum Gasteiger partial charge on any atom is 0.269 e. The highest BCUT2D eigenvalue weighted by atomic mass is 16.7. The first-order valence-corrected chi connectivity index (χ1v) is 15.5. The van der Waals surface area contributed by atoms with Crippen molar-refractivity contribution in [3.05, 3.63) is 129 Å². The van der Waals surface area contributed by atoms with Crippen molar-refractivity contribution in [2.75, 3.05) is 37.6 Å². The Balaban J connectivity index is 1.20. The van der Waals surface area contributed by atoms with Crippen LogP contribution in [0.5, 0.6) is 0 Å². The van der Waals surface area contributed by atoms with E-state index in [-0.39, 0.29) is 35.3 Å². The molecule has 0 aromatic heterocycles. The minimum Gasteiger partial charge on any atom is -0.392 e. The zero-order valence-corrected chi connectivity index (χ0v) is 25.5. The molecule has 45 heavy (non-hydrogen) atoms. The molecule has 2 saturated heterocycles. The first-order chi connectivity index (χ1) is 21.9. The Bertz CT molecular complexity index is 1590. The van der Waals surface area contributed by atoms with Crippen LogP contribution in [0, 0.1) is 16.0 Å². The van der Waals surface area contributed by atoms with Crippen LogP contribution in [-0.2, 0) is 22.6 Å². The van der Waals surface area contributed by atoms with Gasteiger partial charge in [0.2, 0.25) is 0 Å². The molecule has 0 radical (unpaired) electrons. The van der Waals surface area contributed by atoms with Gasteiger partial charge in [-0.3, -0.25) is 15.0 Å². The molecule has 9 nitrogen and oxygen atoms in total. The van der Waals surface area contributed by atoms with Gasteiger partial charge in [-0.1, -0.05) is 67.6 Å². The van der Waals surface area contributed by atoms with Crippen molar-refractivity contribution >= 4 is 11.4 Å². The van der Waals surface area contributed by atoms with Gasteiger partial charge >= 0.3 is 0 Å². The Morgan fingerprint density at radius 2 is 1.53 bits per heavy atom. The molecule has 4 atom stereocenters. The number of benzene rings is 4. The van der Waals surface area contributed by atoms with E-state index in [4.69, 9.17) is 15.2 Å². The quantitative estimate of drug-likeness (QED) is 0.180. The third-order valence-electron chi connectivity index (χ3n) is 9.01. The third-order valence-corrected chi connectivity index (χ3v) is 9.01. The maximum atomic E-state index is 11.1. The summed E-state index contributed by atoms with van der Waals surface area (Å²) in [6, 6.07) is 31.4. The van der Waals surface area contributed by atoms with Gasteiger partial charge in [0.15, 0.2) is 6.29 Å². The van der Waals surface area contributed by atoms with Crippen LogP contribution in [0.25, 0.3) is 11.1 Å². The molecule has 2 aliphatic heterocycles. The minimum atomic E-state index is -0.548. The Morgan fingerprint density at radius 3 is 2.20 bits per heavy atom. The third kappa shape index (κ3) is 7.08. The van der Waals surface area contributed by atoms with Crippen molar-refractivity contribution in [1.82, 2.24) is 4.90 Å². The topological polar surface area (TPSA) is 114 Å². The molecule has 2 fully saturated rings. The number of aliphatic hydroxyl groups excluding tert-OH is 1. The predicted molar refractivity (Wildman–Crippen MR) is 174 cm³/mol. The molecular formula is C36H40N4O5. The summed E-state index contributed by atoms with van der Waals surface area (Å²) in [5.74, 6) is 0.0818. The summed E-state index contributed by atoms with van der Waals surface area (Å²) < 4.78 is 13.5. The van der Waals surface area contributed by atoms with Gasteiger partial charge in [0.25, 0.3) is 5.69 Å². The number of ether oxygens (including phenoxy) is 2. The van der Waals surface area contributed by atoms with E-state index < -0.39 is 6.29 Å². The Morgan fingerprint density at radius 1 is 0.844 bits per heavy atom. The van der Waals surface area contributed by atoms with E-state index in [2.05, 4.69) is 47.1 Å². The van der Waals surface area contributed by atoms with Gasteiger partial charge in [0.1, 0.15) is 0 Å². The molecular weight excluding hydrogens is 568 g/mol. The molecule has 6 rings (SSSR count). The molecule has 9 heteroatoms. The number of nitrogens with two attached hydrogens (primary N) is 1. The van der Waals surface area contributed by atoms with Crippen LogP contribution in [0.3, 0.4) is 0 Å². The molecule has 3 N–H and O–H groups in total. The molecule has 0 saturated carbocycles. The second kappa shape index (κ2) is 13.9. The van der Waals surface area contributed by atoms with E-state index in [0.29, 0.717) is 6.54 Å². The highest BCUT2D eigenvalue weighted by Gasteiger charge is 2.39. The summed E-state index contributed by atoms with van der Waals surface area (Å²) in [4.78, 5) is 15.4. The second-order valence-corrected chi connectivity index (χ2v) is 11.9. The number of nitro groups is 1. The summed E-state index contributed by atoms with van der Waals surface area (Å²) in [6.45, 7) is 6.81. The lowest BCUT2D eigenvalue weighted by atomic mass is 9.89. The van der Waals surface area contributed by atoms with Crippen LogP contribution >= 0.6 is 0 Å². The van der Waals surface area contributed by atoms with Crippen molar-refractivity contribution in [2.45, 2.75) is 38.6 Å². The average molecular weight is 609 g/mol. The Labute approximate surface area is 264 Å².